The van der Waals surface area contributed by atoms with E-state index >= 15 is 0 Å². The third-order valence-electron chi connectivity index (χ3n) is 1.67. The molecule has 1 atom stereocenters. The molecule has 0 aliphatic heterocycles. The molecule has 0 saturated heterocycles. The maximum absolute atomic E-state index is 8.68. The number of allylic oxidation sites excluding steroid dienone is 2. The van der Waals surface area contributed by atoms with Gasteiger partial charge in [-0.1, -0.05) is 12.2 Å². The molecule has 1 rings (SSSR count). The zero-order chi connectivity index (χ0) is 6.69. The van der Waals surface area contributed by atoms with Crippen LogP contribution >= 0.6 is 0 Å². The van der Waals surface area contributed by atoms with E-state index in [9.17, 15) is 0 Å². The minimum atomic E-state index is -1.15. The van der Waals surface area contributed by atoms with Gasteiger partial charge in [-0.3, -0.25) is 0 Å². The first-order valence-corrected chi connectivity index (χ1v) is 3.33. The maximum atomic E-state index is 8.68. The van der Waals surface area contributed by atoms with E-state index in [4.69, 9.17) is 10.0 Å². The van der Waals surface area contributed by atoms with E-state index in [1.807, 2.05) is 12.2 Å². The Hall–Kier alpha value is -0.275. The van der Waals surface area contributed by atoms with Crippen LogP contribution in [-0.2, 0) is 0 Å². The van der Waals surface area contributed by atoms with Gasteiger partial charge < -0.3 is 10.0 Å². The van der Waals surface area contributed by atoms with Crippen molar-refractivity contribution in [2.24, 2.45) is 0 Å². The van der Waals surface area contributed by atoms with Crippen LogP contribution < -0.4 is 0 Å². The highest BCUT2D eigenvalue weighted by molar-refractivity contribution is 6.43. The van der Waals surface area contributed by atoms with E-state index in [1.165, 1.54) is 0 Å². The van der Waals surface area contributed by atoms with E-state index < -0.39 is 7.12 Å². The molecule has 0 fully saturated rings. The summed E-state index contributed by atoms with van der Waals surface area (Å²) in [6, 6.07) is 0. The predicted octanol–water partition coefficient (Wildman–Crippen LogP) is 0.570. The van der Waals surface area contributed by atoms with Crippen LogP contribution in [0.2, 0.25) is 5.82 Å². The van der Waals surface area contributed by atoms with Crippen molar-refractivity contribution in [1.82, 2.24) is 0 Å². The highest BCUT2D eigenvalue weighted by Crippen LogP contribution is 2.22. The lowest BCUT2D eigenvalue weighted by atomic mass is 9.68. The van der Waals surface area contributed by atoms with E-state index in [1.54, 1.807) is 0 Å². The fourth-order valence-electron chi connectivity index (χ4n) is 1.09. The van der Waals surface area contributed by atoms with Crippen LogP contribution in [0.4, 0.5) is 0 Å². The largest absolute Gasteiger partial charge is 0.458 e. The molecule has 0 spiro atoms. The van der Waals surface area contributed by atoms with Crippen LogP contribution in [0, 0.1) is 0 Å². The van der Waals surface area contributed by atoms with E-state index in [0.29, 0.717) is 0 Å². The first-order valence-electron chi connectivity index (χ1n) is 3.33. The van der Waals surface area contributed by atoms with Gasteiger partial charge in [-0.05, 0) is 19.3 Å². The Balaban J connectivity index is 2.40. The molecule has 1 unspecified atom stereocenters. The first kappa shape index (κ1) is 6.84. The van der Waals surface area contributed by atoms with Crippen LogP contribution in [0.1, 0.15) is 19.3 Å². The zero-order valence-electron chi connectivity index (χ0n) is 5.33. The molecular formula is C6H11BO2. The van der Waals surface area contributed by atoms with Crippen LogP contribution in [0.15, 0.2) is 12.2 Å². The minimum absolute atomic E-state index is 0.0150. The summed E-state index contributed by atoms with van der Waals surface area (Å²) in [6.07, 6.45) is 6.97. The van der Waals surface area contributed by atoms with Gasteiger partial charge in [0.1, 0.15) is 0 Å². The highest BCUT2D eigenvalue weighted by atomic mass is 16.4. The van der Waals surface area contributed by atoms with E-state index in [0.717, 1.165) is 19.3 Å². The Bertz CT molecular complexity index is 112. The van der Waals surface area contributed by atoms with E-state index in [-0.39, 0.29) is 5.82 Å². The SMILES string of the molecule is OB(O)C1C=CCCC1. The molecule has 0 aromatic carbocycles. The first-order chi connectivity index (χ1) is 4.30. The smallest absolute Gasteiger partial charge is 0.427 e. The van der Waals surface area contributed by atoms with Crippen molar-refractivity contribution in [3.8, 4) is 0 Å². The maximum Gasteiger partial charge on any atom is 0.458 e. The molecule has 2 N–H and O–H groups in total. The number of rotatable bonds is 1. The molecule has 3 heteroatoms. The molecule has 0 bridgehead atoms. The Morgan fingerprint density at radius 2 is 2.22 bits per heavy atom. The average molecular weight is 126 g/mol. The molecule has 50 valence electrons. The second kappa shape index (κ2) is 3.04. The zero-order valence-corrected chi connectivity index (χ0v) is 5.33. The minimum Gasteiger partial charge on any atom is -0.427 e. The molecule has 9 heavy (non-hydrogen) atoms. The van der Waals surface area contributed by atoms with Crippen molar-refractivity contribution in [2.75, 3.05) is 0 Å². The lowest BCUT2D eigenvalue weighted by Crippen LogP contribution is -2.19. The van der Waals surface area contributed by atoms with Gasteiger partial charge in [0.05, 0.1) is 0 Å². The Morgan fingerprint density at radius 1 is 1.44 bits per heavy atom. The van der Waals surface area contributed by atoms with Gasteiger partial charge in [0.25, 0.3) is 0 Å². The molecule has 0 radical (unpaired) electrons. The quantitative estimate of drug-likeness (QED) is 0.398. The van der Waals surface area contributed by atoms with Gasteiger partial charge in [0.15, 0.2) is 0 Å². The molecule has 1 aliphatic rings. The average Bonchev–Trinajstić information content (AvgIpc) is 1.90. The highest BCUT2D eigenvalue weighted by Gasteiger charge is 2.20. The van der Waals surface area contributed by atoms with Gasteiger partial charge >= 0.3 is 7.12 Å². The summed E-state index contributed by atoms with van der Waals surface area (Å²) in [5.74, 6) is -0.0150. The number of hydrogen-bond donors (Lipinski definition) is 2. The Labute approximate surface area is 55.3 Å². The van der Waals surface area contributed by atoms with Crippen molar-refractivity contribution in [2.45, 2.75) is 25.1 Å². The van der Waals surface area contributed by atoms with Gasteiger partial charge in [-0.15, -0.1) is 0 Å². The molecule has 0 saturated carbocycles. The topological polar surface area (TPSA) is 40.5 Å². The third-order valence-corrected chi connectivity index (χ3v) is 1.67. The molecular weight excluding hydrogens is 115 g/mol. The van der Waals surface area contributed by atoms with Crippen LogP contribution in [0.25, 0.3) is 0 Å². The van der Waals surface area contributed by atoms with Gasteiger partial charge in [0.2, 0.25) is 0 Å². The second-order valence-corrected chi connectivity index (χ2v) is 2.44. The Kier molecular flexibility index (Phi) is 2.31. The van der Waals surface area contributed by atoms with Gasteiger partial charge in [-0.2, -0.15) is 0 Å². The predicted molar refractivity (Wildman–Crippen MR) is 36.9 cm³/mol. The van der Waals surface area contributed by atoms with Gasteiger partial charge in [-0.25, -0.2) is 0 Å². The van der Waals surface area contributed by atoms with Crippen molar-refractivity contribution in [1.29, 1.82) is 0 Å². The summed E-state index contributed by atoms with van der Waals surface area (Å²) < 4.78 is 0. The summed E-state index contributed by atoms with van der Waals surface area (Å²) in [6.45, 7) is 0. The van der Waals surface area contributed by atoms with Crippen LogP contribution in [0.5, 0.6) is 0 Å². The summed E-state index contributed by atoms with van der Waals surface area (Å²) in [4.78, 5) is 0. The monoisotopic (exact) mass is 126 g/mol. The van der Waals surface area contributed by atoms with Crippen molar-refractivity contribution in [3.05, 3.63) is 12.2 Å². The van der Waals surface area contributed by atoms with E-state index in [2.05, 4.69) is 0 Å². The van der Waals surface area contributed by atoms with Crippen molar-refractivity contribution in [3.63, 3.8) is 0 Å². The summed E-state index contributed by atoms with van der Waals surface area (Å²) in [5, 5.41) is 17.4. The molecule has 1 aliphatic carbocycles. The third kappa shape index (κ3) is 1.84. The van der Waals surface area contributed by atoms with Gasteiger partial charge in [0, 0.05) is 5.82 Å². The number of hydrogen-bond acceptors (Lipinski definition) is 2. The molecule has 0 aromatic rings. The standard InChI is InChI=1S/C6H11BO2/c8-7(9)6-4-2-1-3-5-6/h2,4,6,8-9H,1,3,5H2. The normalized spacial score (nSPS) is 26.2. The lowest BCUT2D eigenvalue weighted by Gasteiger charge is -2.13. The molecule has 0 amide bonds. The Morgan fingerprint density at radius 3 is 2.56 bits per heavy atom. The molecule has 2 nitrogen and oxygen atoms in total. The summed E-state index contributed by atoms with van der Waals surface area (Å²) >= 11 is 0. The fraction of sp³-hybridized carbons (Fsp3) is 0.667. The molecule has 0 aromatic heterocycles. The summed E-state index contributed by atoms with van der Waals surface area (Å²) in [7, 11) is -1.15. The second-order valence-electron chi connectivity index (χ2n) is 2.44. The van der Waals surface area contributed by atoms with Crippen molar-refractivity contribution >= 4 is 7.12 Å². The lowest BCUT2D eigenvalue weighted by molar-refractivity contribution is 0.387. The fourth-order valence-corrected chi connectivity index (χ4v) is 1.09. The van der Waals surface area contributed by atoms with Crippen LogP contribution in [-0.4, -0.2) is 17.2 Å². The van der Waals surface area contributed by atoms with Crippen LogP contribution in [0.3, 0.4) is 0 Å². The van der Waals surface area contributed by atoms with Crippen molar-refractivity contribution < 1.29 is 10.0 Å². The summed E-state index contributed by atoms with van der Waals surface area (Å²) in [5.41, 5.74) is 0. The molecule has 0 heterocycles.